The van der Waals surface area contributed by atoms with E-state index in [1.54, 1.807) is 66.7 Å². The number of carboxylic acid groups (broad SMARTS) is 2. The van der Waals surface area contributed by atoms with Gasteiger partial charge in [0, 0.05) is 5.33 Å². The normalized spacial score (nSPS) is 9.18. The van der Waals surface area contributed by atoms with Crippen LogP contribution in [0.25, 0.3) is 0 Å². The number of aromatic hydroxyl groups is 2. The minimum absolute atomic E-state index is 0.0723. The number of hydrogen-bond donors (Lipinski definition) is 4. The van der Waals surface area contributed by atoms with Gasteiger partial charge in [0.1, 0.15) is 0 Å². The fraction of sp³-hybridized carbons (Fsp3) is 0.0476. The van der Waals surface area contributed by atoms with Gasteiger partial charge in [-0.1, -0.05) is 58.4 Å². The zero-order valence-electron chi connectivity index (χ0n) is 14.7. The molecule has 0 amide bonds. The summed E-state index contributed by atoms with van der Waals surface area (Å²) < 4.78 is 0. The van der Waals surface area contributed by atoms with Gasteiger partial charge in [-0.25, -0.2) is 9.59 Å². The van der Waals surface area contributed by atoms with Crippen LogP contribution in [-0.4, -0.2) is 32.4 Å². The maximum absolute atomic E-state index is 10.2. The summed E-state index contributed by atoms with van der Waals surface area (Å²) in [6.45, 7) is 0. The lowest BCUT2D eigenvalue weighted by Gasteiger charge is -1.98. The second kappa shape index (κ2) is 12.1. The van der Waals surface area contributed by atoms with E-state index in [-0.39, 0.29) is 11.5 Å². The molecule has 0 spiro atoms. The smallest absolute Gasteiger partial charge is 0.335 e. The van der Waals surface area contributed by atoms with Gasteiger partial charge in [-0.15, -0.1) is 0 Å². The van der Waals surface area contributed by atoms with Crippen LogP contribution in [0.2, 0.25) is 0 Å². The molecule has 3 aromatic rings. The molecule has 28 heavy (non-hydrogen) atoms. The van der Waals surface area contributed by atoms with Crippen molar-refractivity contribution in [1.82, 2.24) is 0 Å². The van der Waals surface area contributed by atoms with Crippen LogP contribution in [0.3, 0.4) is 0 Å². The van der Waals surface area contributed by atoms with Crippen molar-refractivity contribution in [3.63, 3.8) is 0 Å². The highest BCUT2D eigenvalue weighted by Crippen LogP contribution is 2.25. The number of halogens is 1. The Morgan fingerprint density at radius 3 is 1.39 bits per heavy atom. The molecule has 3 rings (SSSR count). The van der Waals surface area contributed by atoms with E-state index >= 15 is 0 Å². The van der Waals surface area contributed by atoms with Gasteiger partial charge in [-0.3, -0.25) is 0 Å². The van der Waals surface area contributed by atoms with Gasteiger partial charge in [-0.2, -0.15) is 0 Å². The topological polar surface area (TPSA) is 115 Å². The maximum atomic E-state index is 10.2. The Morgan fingerprint density at radius 2 is 1.11 bits per heavy atom. The molecule has 146 valence electrons. The van der Waals surface area contributed by atoms with Crippen molar-refractivity contribution in [2.75, 3.05) is 0 Å². The minimum atomic E-state index is -0.879. The van der Waals surface area contributed by atoms with E-state index in [0.717, 1.165) is 5.56 Å². The average molecular weight is 447 g/mol. The monoisotopic (exact) mass is 446 g/mol. The number of hydrogen-bond acceptors (Lipinski definition) is 4. The molecule has 0 aromatic heterocycles. The molecule has 0 bridgehead atoms. The van der Waals surface area contributed by atoms with Crippen molar-refractivity contribution in [3.8, 4) is 11.5 Å². The van der Waals surface area contributed by atoms with E-state index in [2.05, 4.69) is 15.9 Å². The number of phenols is 2. The molecular formula is C21H19BrO6. The second-order valence-corrected chi connectivity index (χ2v) is 5.86. The van der Waals surface area contributed by atoms with Crippen molar-refractivity contribution in [2.45, 2.75) is 5.33 Å². The summed E-state index contributed by atoms with van der Waals surface area (Å²) in [6.07, 6.45) is 0. The molecule has 4 N–H and O–H groups in total. The summed E-state index contributed by atoms with van der Waals surface area (Å²) in [5.41, 5.74) is 1.60. The van der Waals surface area contributed by atoms with Crippen molar-refractivity contribution >= 4 is 27.9 Å². The third-order valence-electron chi connectivity index (χ3n) is 3.24. The summed E-state index contributed by atoms with van der Waals surface area (Å²) in [5, 5.41) is 35.3. The Labute approximate surface area is 170 Å². The first-order valence-corrected chi connectivity index (χ1v) is 9.10. The molecule has 0 heterocycles. The Morgan fingerprint density at radius 1 is 0.679 bits per heavy atom. The fourth-order valence-corrected chi connectivity index (χ4v) is 2.16. The first-order chi connectivity index (χ1) is 13.3. The van der Waals surface area contributed by atoms with Crippen LogP contribution in [0, 0.1) is 0 Å². The summed E-state index contributed by atoms with van der Waals surface area (Å²) in [4.78, 5) is 20.4. The lowest BCUT2D eigenvalue weighted by molar-refractivity contribution is 0.0686. The molecule has 7 heteroatoms. The number of rotatable bonds is 3. The van der Waals surface area contributed by atoms with Crippen molar-refractivity contribution in [3.05, 3.63) is 95.6 Å². The first kappa shape index (κ1) is 22.7. The number of alkyl halides is 1. The van der Waals surface area contributed by atoms with E-state index in [1.165, 1.54) is 12.1 Å². The highest BCUT2D eigenvalue weighted by Gasteiger charge is 1.98. The molecule has 0 aliphatic carbocycles. The van der Waals surface area contributed by atoms with E-state index in [1.807, 2.05) is 0 Å². The fourth-order valence-electron chi connectivity index (χ4n) is 1.81. The maximum Gasteiger partial charge on any atom is 0.335 e. The van der Waals surface area contributed by atoms with Gasteiger partial charge in [0.15, 0.2) is 11.5 Å². The lowest BCUT2D eigenvalue weighted by Crippen LogP contribution is -1.93. The molecule has 6 nitrogen and oxygen atoms in total. The van der Waals surface area contributed by atoms with Crippen LogP contribution < -0.4 is 0 Å². The molecule has 0 saturated carbocycles. The second-order valence-electron chi connectivity index (χ2n) is 5.30. The largest absolute Gasteiger partial charge is 0.504 e. The number of carbonyl (C=O) groups is 2. The molecule has 0 aliphatic heterocycles. The number of benzene rings is 3. The van der Waals surface area contributed by atoms with Crippen LogP contribution in [0.1, 0.15) is 26.3 Å². The predicted molar refractivity (Wildman–Crippen MR) is 109 cm³/mol. The Bertz CT molecular complexity index is 832. The van der Waals surface area contributed by atoms with Crippen LogP contribution in [-0.2, 0) is 5.33 Å². The zero-order chi connectivity index (χ0) is 20.9. The third-order valence-corrected chi connectivity index (χ3v) is 3.88. The standard InChI is InChI=1S/C7H7BrO2.2C7H6O2/c8-4-5-1-2-6(9)7(10)3-5;2*8-7(9)6-4-2-1-3-5-6/h1-3,9-10H,4H2;2*1-5H,(H,8,9). The minimum Gasteiger partial charge on any atom is -0.504 e. The quantitative estimate of drug-likeness (QED) is 0.340. The summed E-state index contributed by atoms with van der Waals surface area (Å²) in [7, 11) is 0. The SMILES string of the molecule is O=C(O)c1ccccc1.O=C(O)c1ccccc1.Oc1ccc(CBr)cc1O. The molecule has 0 atom stereocenters. The highest BCUT2D eigenvalue weighted by molar-refractivity contribution is 9.08. The van der Waals surface area contributed by atoms with Gasteiger partial charge in [0.25, 0.3) is 0 Å². The van der Waals surface area contributed by atoms with Crippen LogP contribution >= 0.6 is 15.9 Å². The Balaban J connectivity index is 0.000000210. The molecule has 0 saturated heterocycles. The van der Waals surface area contributed by atoms with Gasteiger partial charge < -0.3 is 20.4 Å². The van der Waals surface area contributed by atoms with E-state index in [4.69, 9.17) is 20.4 Å². The molecule has 0 radical (unpaired) electrons. The average Bonchev–Trinajstić information content (AvgIpc) is 2.72. The Kier molecular flexibility index (Phi) is 9.85. The predicted octanol–water partition coefficient (Wildman–Crippen LogP) is 4.76. The first-order valence-electron chi connectivity index (χ1n) is 7.98. The highest BCUT2D eigenvalue weighted by atomic mass is 79.9. The number of aromatic carboxylic acids is 2. The van der Waals surface area contributed by atoms with Crippen LogP contribution in [0.5, 0.6) is 11.5 Å². The van der Waals surface area contributed by atoms with E-state index < -0.39 is 11.9 Å². The number of phenolic OH excluding ortho intramolecular Hbond substituents is 2. The summed E-state index contributed by atoms with van der Waals surface area (Å²) in [6, 6.07) is 21.3. The number of carboxylic acids is 2. The molecule has 0 aliphatic rings. The molecular weight excluding hydrogens is 428 g/mol. The van der Waals surface area contributed by atoms with Gasteiger partial charge in [0.2, 0.25) is 0 Å². The van der Waals surface area contributed by atoms with E-state index in [0.29, 0.717) is 16.5 Å². The van der Waals surface area contributed by atoms with Crippen molar-refractivity contribution < 1.29 is 30.0 Å². The van der Waals surface area contributed by atoms with Gasteiger partial charge >= 0.3 is 11.9 Å². The van der Waals surface area contributed by atoms with Crippen molar-refractivity contribution in [1.29, 1.82) is 0 Å². The summed E-state index contributed by atoms with van der Waals surface area (Å²) >= 11 is 3.22. The van der Waals surface area contributed by atoms with Crippen molar-refractivity contribution in [2.24, 2.45) is 0 Å². The van der Waals surface area contributed by atoms with Crippen LogP contribution in [0.15, 0.2) is 78.9 Å². The zero-order valence-corrected chi connectivity index (χ0v) is 16.3. The van der Waals surface area contributed by atoms with Gasteiger partial charge in [-0.05, 0) is 42.0 Å². The van der Waals surface area contributed by atoms with Crippen LogP contribution in [0.4, 0.5) is 0 Å². The van der Waals surface area contributed by atoms with Gasteiger partial charge in [0.05, 0.1) is 11.1 Å². The molecule has 0 unspecified atom stereocenters. The van der Waals surface area contributed by atoms with E-state index in [9.17, 15) is 9.59 Å². The molecule has 3 aromatic carbocycles. The lowest BCUT2D eigenvalue weighted by atomic mass is 10.2. The Hall–Kier alpha value is -3.32. The third kappa shape index (κ3) is 8.37. The molecule has 0 fully saturated rings. The summed E-state index contributed by atoms with van der Waals surface area (Å²) in [5.74, 6) is -1.91.